The second kappa shape index (κ2) is 3.35. The van der Waals surface area contributed by atoms with Gasteiger partial charge in [0, 0.05) is 12.0 Å². The fourth-order valence-corrected chi connectivity index (χ4v) is 3.31. The van der Waals surface area contributed by atoms with E-state index in [2.05, 4.69) is 10.6 Å². The Labute approximate surface area is 110 Å². The van der Waals surface area contributed by atoms with E-state index in [-0.39, 0.29) is 11.8 Å². The summed E-state index contributed by atoms with van der Waals surface area (Å²) in [7, 11) is 0. The van der Waals surface area contributed by atoms with Gasteiger partial charge in [0.1, 0.15) is 5.54 Å². The molecule has 1 aromatic carbocycles. The minimum Gasteiger partial charge on any atom is -0.335 e. The molecule has 1 aliphatic heterocycles. The van der Waals surface area contributed by atoms with Crippen LogP contribution in [0, 0.1) is 0 Å². The summed E-state index contributed by atoms with van der Waals surface area (Å²) in [6, 6.07) is 7.63. The Hall–Kier alpha value is -2.36. The van der Waals surface area contributed by atoms with E-state index in [0.717, 1.165) is 22.3 Å². The fourth-order valence-electron chi connectivity index (χ4n) is 3.31. The Morgan fingerprint density at radius 2 is 2.00 bits per heavy atom. The predicted octanol–water partition coefficient (Wildman–Crippen LogP) is 1.49. The van der Waals surface area contributed by atoms with Crippen molar-refractivity contribution in [3.05, 3.63) is 53.1 Å². The number of benzene rings is 1. The molecule has 0 bridgehead atoms. The lowest BCUT2D eigenvalue weighted by atomic mass is 9.85. The molecule has 4 heteroatoms. The molecule has 1 unspecified atom stereocenters. The van der Waals surface area contributed by atoms with Crippen LogP contribution in [0.1, 0.15) is 17.5 Å². The maximum absolute atomic E-state index is 12.2. The molecular formula is C15H12N2O2. The second-order valence-corrected chi connectivity index (χ2v) is 5.08. The highest BCUT2D eigenvalue weighted by atomic mass is 16.2. The zero-order valence-corrected chi connectivity index (χ0v) is 10.2. The largest absolute Gasteiger partial charge is 0.335 e. The summed E-state index contributed by atoms with van der Waals surface area (Å²) < 4.78 is 0. The molecule has 2 amide bonds. The number of allylic oxidation sites excluding steroid dienone is 2. The zero-order valence-electron chi connectivity index (χ0n) is 10.2. The van der Waals surface area contributed by atoms with Gasteiger partial charge in [-0.2, -0.15) is 0 Å². The first-order valence-electron chi connectivity index (χ1n) is 6.33. The first kappa shape index (κ1) is 10.6. The van der Waals surface area contributed by atoms with Crippen LogP contribution in [0.25, 0.3) is 5.57 Å². The third-order valence-corrected chi connectivity index (χ3v) is 4.09. The number of hydrogen-bond donors (Lipinski definition) is 2. The van der Waals surface area contributed by atoms with Crippen molar-refractivity contribution in [1.29, 1.82) is 0 Å². The molecule has 19 heavy (non-hydrogen) atoms. The summed E-state index contributed by atoms with van der Waals surface area (Å²) in [4.78, 5) is 23.8. The molecule has 1 atom stereocenters. The lowest BCUT2D eigenvalue weighted by Gasteiger charge is -2.27. The summed E-state index contributed by atoms with van der Waals surface area (Å²) in [5.41, 5.74) is 3.08. The molecule has 2 aliphatic carbocycles. The maximum atomic E-state index is 12.2. The predicted molar refractivity (Wildman–Crippen MR) is 70.3 cm³/mol. The van der Waals surface area contributed by atoms with Crippen molar-refractivity contribution >= 4 is 17.4 Å². The molecule has 2 N–H and O–H groups in total. The molecule has 1 saturated heterocycles. The smallest absolute Gasteiger partial charge is 0.315 e. The first-order chi connectivity index (χ1) is 9.22. The van der Waals surface area contributed by atoms with E-state index < -0.39 is 5.54 Å². The summed E-state index contributed by atoms with van der Waals surface area (Å²) in [6.07, 6.45) is 4.29. The van der Waals surface area contributed by atoms with Crippen molar-refractivity contribution in [3.8, 4) is 0 Å². The number of amides is 2. The van der Waals surface area contributed by atoms with Crippen LogP contribution < -0.4 is 10.6 Å². The Morgan fingerprint density at radius 3 is 2.79 bits per heavy atom. The Morgan fingerprint density at radius 1 is 1.16 bits per heavy atom. The van der Waals surface area contributed by atoms with Crippen LogP contribution in [-0.2, 0) is 10.3 Å². The number of carbonyl (C=O) groups is 2. The maximum Gasteiger partial charge on any atom is 0.315 e. The van der Waals surface area contributed by atoms with Gasteiger partial charge in [-0.15, -0.1) is 0 Å². The van der Waals surface area contributed by atoms with Crippen LogP contribution in [0.15, 0.2) is 42.0 Å². The highest BCUT2D eigenvalue weighted by molar-refractivity contribution is 6.26. The van der Waals surface area contributed by atoms with Crippen molar-refractivity contribution in [2.24, 2.45) is 0 Å². The first-order valence-corrected chi connectivity index (χ1v) is 6.33. The van der Waals surface area contributed by atoms with E-state index in [1.807, 2.05) is 36.4 Å². The lowest BCUT2D eigenvalue weighted by molar-refractivity contribution is -0.113. The number of urea groups is 1. The van der Waals surface area contributed by atoms with Crippen LogP contribution in [0.5, 0.6) is 0 Å². The Balaban J connectivity index is 2.04. The topological polar surface area (TPSA) is 58.2 Å². The van der Waals surface area contributed by atoms with E-state index in [0.29, 0.717) is 13.0 Å². The van der Waals surface area contributed by atoms with Gasteiger partial charge in [-0.05, 0) is 16.7 Å². The van der Waals surface area contributed by atoms with Crippen LogP contribution in [0.2, 0.25) is 0 Å². The number of carbonyl (C=O) groups excluding carboxylic acids is 2. The molecule has 4 nitrogen and oxygen atoms in total. The van der Waals surface area contributed by atoms with Crippen LogP contribution >= 0.6 is 0 Å². The molecule has 1 fully saturated rings. The number of hydrogen-bond acceptors (Lipinski definition) is 2. The average Bonchev–Trinajstić information content (AvgIpc) is 2.93. The molecule has 4 rings (SSSR count). The number of fused-ring (bicyclic) bond motifs is 4. The molecule has 0 radical (unpaired) electrons. The quantitative estimate of drug-likeness (QED) is 0.735. The Kier molecular flexibility index (Phi) is 1.86. The lowest BCUT2D eigenvalue weighted by Crippen LogP contribution is -2.40. The van der Waals surface area contributed by atoms with E-state index >= 15 is 0 Å². The van der Waals surface area contributed by atoms with Crippen molar-refractivity contribution in [3.63, 3.8) is 0 Å². The van der Waals surface area contributed by atoms with Crippen LogP contribution in [0.3, 0.4) is 0 Å². The summed E-state index contributed by atoms with van der Waals surface area (Å²) in [5.74, 6) is 0.128. The average molecular weight is 252 g/mol. The zero-order chi connectivity index (χ0) is 13.0. The molecule has 1 spiro atoms. The minimum atomic E-state index is -0.574. The fraction of sp³-hybridized carbons (Fsp3) is 0.200. The molecule has 3 aliphatic rings. The SMILES string of the molecule is O=C1NCC2(N1)C1=C(C(=O)CC=C1)c1ccccc12. The van der Waals surface area contributed by atoms with Gasteiger partial charge in [0.15, 0.2) is 5.78 Å². The van der Waals surface area contributed by atoms with Gasteiger partial charge < -0.3 is 10.6 Å². The van der Waals surface area contributed by atoms with Crippen LogP contribution in [-0.4, -0.2) is 18.4 Å². The molecule has 1 aromatic rings. The van der Waals surface area contributed by atoms with Gasteiger partial charge in [0.05, 0.1) is 6.54 Å². The van der Waals surface area contributed by atoms with E-state index in [4.69, 9.17) is 0 Å². The standard InChI is InChI=1S/C15H12N2O2/c18-12-7-3-6-11-13(12)9-4-1-2-5-10(9)15(11)8-16-14(19)17-15/h1-6H,7-8H2,(H2,16,17,19). The summed E-state index contributed by atoms with van der Waals surface area (Å²) >= 11 is 0. The molecule has 94 valence electrons. The molecule has 0 saturated carbocycles. The monoisotopic (exact) mass is 252 g/mol. The van der Waals surface area contributed by atoms with E-state index in [1.54, 1.807) is 0 Å². The highest BCUT2D eigenvalue weighted by Crippen LogP contribution is 2.48. The van der Waals surface area contributed by atoms with Crippen LogP contribution in [0.4, 0.5) is 4.79 Å². The van der Waals surface area contributed by atoms with Gasteiger partial charge >= 0.3 is 6.03 Å². The van der Waals surface area contributed by atoms with Gasteiger partial charge in [-0.25, -0.2) is 4.79 Å². The van der Waals surface area contributed by atoms with Gasteiger partial charge in [0.25, 0.3) is 0 Å². The molecular weight excluding hydrogens is 240 g/mol. The number of ketones is 1. The second-order valence-electron chi connectivity index (χ2n) is 5.08. The Bertz CT molecular complexity index is 687. The van der Waals surface area contributed by atoms with Gasteiger partial charge in [0.2, 0.25) is 0 Å². The van der Waals surface area contributed by atoms with Crippen molar-refractivity contribution in [2.75, 3.05) is 6.54 Å². The van der Waals surface area contributed by atoms with Gasteiger partial charge in [-0.1, -0.05) is 36.4 Å². The third-order valence-electron chi connectivity index (χ3n) is 4.09. The molecule has 1 heterocycles. The van der Waals surface area contributed by atoms with Crippen molar-refractivity contribution in [2.45, 2.75) is 12.0 Å². The van der Waals surface area contributed by atoms with Crippen molar-refractivity contribution < 1.29 is 9.59 Å². The number of nitrogens with one attached hydrogen (secondary N) is 2. The normalized spacial score (nSPS) is 27.4. The summed E-state index contributed by atoms with van der Waals surface area (Å²) in [5, 5.41) is 5.81. The minimum absolute atomic E-state index is 0.128. The van der Waals surface area contributed by atoms with Crippen molar-refractivity contribution in [1.82, 2.24) is 10.6 Å². The van der Waals surface area contributed by atoms with E-state index in [1.165, 1.54) is 0 Å². The highest BCUT2D eigenvalue weighted by Gasteiger charge is 2.50. The van der Waals surface area contributed by atoms with E-state index in [9.17, 15) is 9.59 Å². The van der Waals surface area contributed by atoms with Gasteiger partial charge in [-0.3, -0.25) is 4.79 Å². The summed E-state index contributed by atoms with van der Waals surface area (Å²) in [6.45, 7) is 0.485. The number of Topliss-reactive ketones (excluding diaryl/α,β-unsaturated/α-hetero) is 1. The molecule has 0 aromatic heterocycles. The third kappa shape index (κ3) is 1.18. The number of rotatable bonds is 0.